The first-order chi connectivity index (χ1) is 9.78. The summed E-state index contributed by atoms with van der Waals surface area (Å²) in [5.74, 6) is 0.635. The van der Waals surface area contributed by atoms with Crippen molar-refractivity contribution in [3.63, 3.8) is 0 Å². The van der Waals surface area contributed by atoms with Gasteiger partial charge in [0.2, 0.25) is 0 Å². The monoisotopic (exact) mass is 282 g/mol. The first-order valence-electron chi connectivity index (χ1n) is 5.92. The molecule has 0 fully saturated rings. The molecule has 0 amide bonds. The van der Waals surface area contributed by atoms with E-state index in [1.54, 1.807) is 30.5 Å². The minimum Gasteiger partial charge on any atom is -0.392 e. The van der Waals surface area contributed by atoms with Gasteiger partial charge in [-0.3, -0.25) is 0 Å². The fourth-order valence-corrected chi connectivity index (χ4v) is 2.65. The number of nitrogens with one attached hydrogen (secondary N) is 1. The maximum Gasteiger partial charge on any atom is 0.189 e. The molecule has 20 heavy (non-hydrogen) atoms. The zero-order valence-electron chi connectivity index (χ0n) is 10.4. The number of thiazole rings is 1. The Labute approximate surface area is 119 Å². The van der Waals surface area contributed by atoms with Crippen LogP contribution in [0, 0.1) is 11.3 Å². The first-order valence-corrected chi connectivity index (χ1v) is 6.73. The Morgan fingerprint density at radius 3 is 3.00 bits per heavy atom. The summed E-state index contributed by atoms with van der Waals surface area (Å²) in [4.78, 5) is 8.60. The molecule has 3 aromatic rings. The van der Waals surface area contributed by atoms with Crippen molar-refractivity contribution in [1.29, 1.82) is 5.26 Å². The maximum absolute atomic E-state index is 9.10. The molecule has 0 atom stereocenters. The van der Waals surface area contributed by atoms with E-state index in [-0.39, 0.29) is 6.61 Å². The number of nitrogens with zero attached hydrogens (tertiary/aromatic N) is 3. The summed E-state index contributed by atoms with van der Waals surface area (Å²) < 4.78 is 1.00. The SMILES string of the molecule is N#Cc1ccc2sc(Nc3cc(CO)ccn3)nc2c1. The molecule has 0 aliphatic heterocycles. The number of fused-ring (bicyclic) bond motifs is 1. The molecule has 2 N–H and O–H groups in total. The highest BCUT2D eigenvalue weighted by atomic mass is 32.1. The third-order valence-corrected chi connectivity index (χ3v) is 3.71. The molecule has 6 heteroatoms. The molecule has 0 radical (unpaired) electrons. The number of hydrogen-bond donors (Lipinski definition) is 2. The topological polar surface area (TPSA) is 81.8 Å². The molecule has 0 spiro atoms. The van der Waals surface area contributed by atoms with Gasteiger partial charge in [-0.1, -0.05) is 11.3 Å². The van der Waals surface area contributed by atoms with Gasteiger partial charge in [-0.15, -0.1) is 0 Å². The summed E-state index contributed by atoms with van der Waals surface area (Å²) in [6.45, 7) is -0.0252. The summed E-state index contributed by atoms with van der Waals surface area (Å²) in [5.41, 5.74) is 2.17. The zero-order chi connectivity index (χ0) is 13.9. The molecule has 5 nitrogen and oxygen atoms in total. The van der Waals surface area contributed by atoms with Crippen molar-refractivity contribution in [2.45, 2.75) is 6.61 Å². The molecule has 98 valence electrons. The van der Waals surface area contributed by atoms with Crippen molar-refractivity contribution in [1.82, 2.24) is 9.97 Å². The maximum atomic E-state index is 9.10. The van der Waals surface area contributed by atoms with Crippen molar-refractivity contribution in [3.05, 3.63) is 47.7 Å². The van der Waals surface area contributed by atoms with Gasteiger partial charge in [-0.25, -0.2) is 9.97 Å². The highest BCUT2D eigenvalue weighted by Gasteiger charge is 2.06. The van der Waals surface area contributed by atoms with Crippen LogP contribution in [0.25, 0.3) is 10.2 Å². The van der Waals surface area contributed by atoms with Gasteiger partial charge in [0, 0.05) is 6.20 Å². The first kappa shape index (κ1) is 12.5. The predicted octanol–water partition coefficient (Wildman–Crippen LogP) is 2.80. The summed E-state index contributed by atoms with van der Waals surface area (Å²) >= 11 is 1.49. The van der Waals surface area contributed by atoms with Crippen LogP contribution in [0.2, 0.25) is 0 Å². The summed E-state index contributed by atoms with van der Waals surface area (Å²) in [6, 6.07) is 11.0. The van der Waals surface area contributed by atoms with Crippen LogP contribution in [0.1, 0.15) is 11.1 Å². The van der Waals surface area contributed by atoms with Crippen LogP contribution in [-0.4, -0.2) is 15.1 Å². The van der Waals surface area contributed by atoms with Crippen LogP contribution in [-0.2, 0) is 6.61 Å². The molecule has 0 saturated carbocycles. The number of aliphatic hydroxyl groups excluding tert-OH is 1. The molecule has 2 aromatic heterocycles. The molecule has 0 saturated heterocycles. The molecule has 0 aliphatic rings. The van der Waals surface area contributed by atoms with Crippen molar-refractivity contribution in [2.75, 3.05) is 5.32 Å². The summed E-state index contributed by atoms with van der Waals surface area (Å²) in [6.07, 6.45) is 1.63. The van der Waals surface area contributed by atoms with Crippen molar-refractivity contribution >= 4 is 32.5 Å². The summed E-state index contributed by atoms with van der Waals surface area (Å²) in [7, 11) is 0. The number of anilines is 2. The van der Waals surface area contributed by atoms with E-state index < -0.39 is 0 Å². The van der Waals surface area contributed by atoms with E-state index in [4.69, 9.17) is 10.4 Å². The van der Waals surface area contributed by atoms with Gasteiger partial charge < -0.3 is 10.4 Å². The fraction of sp³-hybridized carbons (Fsp3) is 0.0714. The van der Waals surface area contributed by atoms with Crippen LogP contribution < -0.4 is 5.32 Å². The Morgan fingerprint density at radius 2 is 2.20 bits per heavy atom. The molecular weight excluding hydrogens is 272 g/mol. The average molecular weight is 282 g/mol. The lowest BCUT2D eigenvalue weighted by atomic mass is 10.2. The quantitative estimate of drug-likeness (QED) is 0.772. The molecule has 0 aliphatic carbocycles. The van der Waals surface area contributed by atoms with Crippen molar-refractivity contribution in [3.8, 4) is 6.07 Å². The van der Waals surface area contributed by atoms with Crippen molar-refractivity contribution < 1.29 is 5.11 Å². The van der Waals surface area contributed by atoms with E-state index in [1.165, 1.54) is 11.3 Å². The normalized spacial score (nSPS) is 10.4. The zero-order valence-corrected chi connectivity index (χ0v) is 11.2. The van der Waals surface area contributed by atoms with Gasteiger partial charge >= 0.3 is 0 Å². The number of rotatable bonds is 3. The Morgan fingerprint density at radius 1 is 1.30 bits per heavy atom. The fourth-order valence-electron chi connectivity index (χ4n) is 1.80. The van der Waals surface area contributed by atoms with E-state index in [0.717, 1.165) is 15.8 Å². The van der Waals surface area contributed by atoms with Crippen LogP contribution in [0.15, 0.2) is 36.5 Å². The molecule has 3 rings (SSSR count). The third kappa shape index (κ3) is 2.45. The van der Waals surface area contributed by atoms with Crippen LogP contribution in [0.5, 0.6) is 0 Å². The number of hydrogen-bond acceptors (Lipinski definition) is 6. The molecule has 2 heterocycles. The lowest BCUT2D eigenvalue weighted by Gasteiger charge is -2.02. The van der Waals surface area contributed by atoms with E-state index in [2.05, 4.69) is 21.4 Å². The Kier molecular flexibility index (Phi) is 3.29. The minimum atomic E-state index is -0.0252. The number of aromatic nitrogens is 2. The number of aliphatic hydroxyl groups is 1. The summed E-state index contributed by atoms with van der Waals surface area (Å²) in [5, 5.41) is 21.8. The van der Waals surface area contributed by atoms with E-state index in [1.807, 2.05) is 6.07 Å². The van der Waals surface area contributed by atoms with Gasteiger partial charge in [0.15, 0.2) is 5.13 Å². The minimum absolute atomic E-state index is 0.0252. The molecular formula is C14H10N4OS. The second-order valence-corrected chi connectivity index (χ2v) is 5.18. The highest BCUT2D eigenvalue weighted by Crippen LogP contribution is 2.28. The largest absolute Gasteiger partial charge is 0.392 e. The number of benzene rings is 1. The molecule has 0 unspecified atom stereocenters. The second kappa shape index (κ2) is 5.25. The number of pyridine rings is 1. The van der Waals surface area contributed by atoms with E-state index in [9.17, 15) is 0 Å². The number of nitriles is 1. The standard InChI is InChI=1S/C14H10N4OS/c15-7-9-1-2-12-11(5-9)17-14(20-12)18-13-6-10(8-19)3-4-16-13/h1-6,19H,8H2,(H,16,17,18). The highest BCUT2D eigenvalue weighted by molar-refractivity contribution is 7.22. The van der Waals surface area contributed by atoms with Crippen LogP contribution in [0.4, 0.5) is 10.9 Å². The molecule has 1 aromatic carbocycles. The predicted molar refractivity (Wildman–Crippen MR) is 77.8 cm³/mol. The Balaban J connectivity index is 1.92. The lowest BCUT2D eigenvalue weighted by molar-refractivity contribution is 0.282. The third-order valence-electron chi connectivity index (χ3n) is 2.76. The molecule has 0 bridgehead atoms. The van der Waals surface area contributed by atoms with Gasteiger partial charge in [0.1, 0.15) is 5.82 Å². The Bertz CT molecular complexity index is 806. The van der Waals surface area contributed by atoms with Crippen molar-refractivity contribution in [2.24, 2.45) is 0 Å². The van der Waals surface area contributed by atoms with Crippen LogP contribution in [0.3, 0.4) is 0 Å². The smallest absolute Gasteiger partial charge is 0.189 e. The lowest BCUT2D eigenvalue weighted by Crippen LogP contribution is -1.94. The second-order valence-electron chi connectivity index (χ2n) is 4.15. The van der Waals surface area contributed by atoms with Gasteiger partial charge in [-0.05, 0) is 35.9 Å². The van der Waals surface area contributed by atoms with Gasteiger partial charge in [0.05, 0.1) is 28.5 Å². The Hall–Kier alpha value is -2.49. The van der Waals surface area contributed by atoms with Crippen LogP contribution >= 0.6 is 11.3 Å². The average Bonchev–Trinajstić information content (AvgIpc) is 2.88. The van der Waals surface area contributed by atoms with Gasteiger partial charge in [0.25, 0.3) is 0 Å². The van der Waals surface area contributed by atoms with E-state index >= 15 is 0 Å². The van der Waals surface area contributed by atoms with Gasteiger partial charge in [-0.2, -0.15) is 5.26 Å². The van der Waals surface area contributed by atoms with E-state index in [0.29, 0.717) is 16.5 Å².